The van der Waals surface area contributed by atoms with E-state index in [0.717, 1.165) is 25.2 Å². The van der Waals surface area contributed by atoms with Crippen molar-refractivity contribution >= 4 is 22.5 Å². The molecule has 116 valence electrons. The van der Waals surface area contributed by atoms with E-state index in [-0.39, 0.29) is 6.29 Å². The molecule has 0 amide bonds. The van der Waals surface area contributed by atoms with E-state index in [0.29, 0.717) is 5.25 Å². The van der Waals surface area contributed by atoms with Crippen LogP contribution in [0.3, 0.4) is 0 Å². The highest BCUT2D eigenvalue weighted by atomic mass is 32.2. The summed E-state index contributed by atoms with van der Waals surface area (Å²) in [6.07, 6.45) is 5.88. The molecule has 3 heteroatoms. The first-order valence-corrected chi connectivity index (χ1v) is 9.38. The van der Waals surface area contributed by atoms with Gasteiger partial charge in [0.05, 0.1) is 6.61 Å². The number of benzene rings is 2. The van der Waals surface area contributed by atoms with Crippen molar-refractivity contribution in [3.05, 3.63) is 42.0 Å². The first-order chi connectivity index (χ1) is 10.9. The second-order valence-corrected chi connectivity index (χ2v) is 7.42. The van der Waals surface area contributed by atoms with Gasteiger partial charge in [0.25, 0.3) is 0 Å². The highest BCUT2D eigenvalue weighted by Crippen LogP contribution is 2.44. The summed E-state index contributed by atoms with van der Waals surface area (Å²) in [5.74, 6) is 2.25. The molecular formula is C19H22O2S. The quantitative estimate of drug-likeness (QED) is 0.764. The summed E-state index contributed by atoms with van der Waals surface area (Å²) < 4.78 is 11.9. The zero-order valence-corrected chi connectivity index (χ0v) is 13.6. The van der Waals surface area contributed by atoms with Crippen molar-refractivity contribution in [1.82, 2.24) is 0 Å². The van der Waals surface area contributed by atoms with E-state index in [2.05, 4.69) is 48.2 Å². The molecule has 2 saturated heterocycles. The minimum absolute atomic E-state index is 0.0798. The van der Waals surface area contributed by atoms with Gasteiger partial charge in [-0.1, -0.05) is 30.3 Å². The van der Waals surface area contributed by atoms with Crippen LogP contribution in [-0.2, 0) is 4.74 Å². The normalized spacial score (nSPS) is 25.5. The molecule has 2 nitrogen and oxygen atoms in total. The monoisotopic (exact) mass is 314 g/mol. The van der Waals surface area contributed by atoms with Gasteiger partial charge in [-0.2, -0.15) is 11.8 Å². The van der Waals surface area contributed by atoms with Crippen molar-refractivity contribution < 1.29 is 9.47 Å². The highest BCUT2D eigenvalue weighted by molar-refractivity contribution is 7.99. The summed E-state index contributed by atoms with van der Waals surface area (Å²) in [5.41, 5.74) is 1.47. The average molecular weight is 314 g/mol. The van der Waals surface area contributed by atoms with Crippen LogP contribution in [-0.4, -0.2) is 18.6 Å². The fourth-order valence-electron chi connectivity index (χ4n) is 3.45. The molecule has 0 radical (unpaired) electrons. The smallest absolute Gasteiger partial charge is 0.199 e. The van der Waals surface area contributed by atoms with Gasteiger partial charge in [-0.05, 0) is 48.5 Å². The Balaban J connectivity index is 1.69. The van der Waals surface area contributed by atoms with Crippen molar-refractivity contribution in [3.8, 4) is 5.75 Å². The van der Waals surface area contributed by atoms with E-state index in [1.54, 1.807) is 0 Å². The van der Waals surface area contributed by atoms with Crippen LogP contribution in [0.1, 0.15) is 42.9 Å². The maximum Gasteiger partial charge on any atom is 0.199 e. The summed E-state index contributed by atoms with van der Waals surface area (Å²) in [6.45, 7) is 0.819. The summed E-state index contributed by atoms with van der Waals surface area (Å²) in [4.78, 5) is 0. The number of thioether (sulfide) groups is 1. The minimum atomic E-state index is -0.0798. The lowest BCUT2D eigenvalue weighted by Crippen LogP contribution is -2.25. The van der Waals surface area contributed by atoms with E-state index in [9.17, 15) is 0 Å². The van der Waals surface area contributed by atoms with Crippen LogP contribution in [0.15, 0.2) is 36.4 Å². The fourth-order valence-corrected chi connectivity index (χ4v) is 4.78. The fraction of sp³-hybridized carbons (Fsp3) is 0.474. The Bertz CT molecular complexity index is 643. The van der Waals surface area contributed by atoms with Gasteiger partial charge in [0.2, 0.25) is 0 Å². The summed E-state index contributed by atoms with van der Waals surface area (Å²) in [7, 11) is 0. The molecule has 0 N–H and O–H groups in total. The Morgan fingerprint density at radius 1 is 0.955 bits per heavy atom. The van der Waals surface area contributed by atoms with Gasteiger partial charge in [0.15, 0.2) is 6.29 Å². The maximum atomic E-state index is 6.16. The van der Waals surface area contributed by atoms with Crippen molar-refractivity contribution in [2.75, 3.05) is 12.4 Å². The highest BCUT2D eigenvalue weighted by Gasteiger charge is 2.22. The standard InChI is InChI=1S/C19H22O2S/c1-2-7-15-14(6-1)16(18-8-5-13-22-18)10-11-17(15)21-19-9-3-4-12-20-19/h1-2,6-7,10-11,18-19H,3-5,8-9,12-13H2. The molecule has 0 bridgehead atoms. The molecule has 22 heavy (non-hydrogen) atoms. The molecule has 2 heterocycles. The van der Waals surface area contributed by atoms with E-state index < -0.39 is 0 Å². The molecule has 2 aromatic carbocycles. The van der Waals surface area contributed by atoms with Gasteiger partial charge in [0.1, 0.15) is 5.75 Å². The Hall–Kier alpha value is -1.19. The van der Waals surface area contributed by atoms with Gasteiger partial charge in [0, 0.05) is 17.1 Å². The number of rotatable bonds is 3. The van der Waals surface area contributed by atoms with Crippen molar-refractivity contribution in [2.45, 2.75) is 43.6 Å². The molecule has 2 unspecified atom stereocenters. The molecule has 0 spiro atoms. The summed E-state index contributed by atoms with van der Waals surface area (Å²) in [6, 6.07) is 13.1. The Kier molecular flexibility index (Phi) is 4.26. The second kappa shape index (κ2) is 6.51. The molecule has 2 atom stereocenters. The summed E-state index contributed by atoms with van der Waals surface area (Å²) in [5, 5.41) is 3.21. The summed E-state index contributed by atoms with van der Waals surface area (Å²) >= 11 is 2.09. The van der Waals surface area contributed by atoms with Gasteiger partial charge < -0.3 is 9.47 Å². The molecule has 2 aromatic rings. The topological polar surface area (TPSA) is 18.5 Å². The van der Waals surface area contributed by atoms with Crippen molar-refractivity contribution in [1.29, 1.82) is 0 Å². The maximum absolute atomic E-state index is 6.16. The molecular weight excluding hydrogens is 292 g/mol. The first kappa shape index (κ1) is 14.4. The van der Waals surface area contributed by atoms with Crippen LogP contribution in [0.2, 0.25) is 0 Å². The van der Waals surface area contributed by atoms with Crippen molar-refractivity contribution in [2.24, 2.45) is 0 Å². The third kappa shape index (κ3) is 2.84. The zero-order valence-electron chi connectivity index (χ0n) is 12.8. The zero-order chi connectivity index (χ0) is 14.8. The van der Waals surface area contributed by atoms with Gasteiger partial charge in [-0.25, -0.2) is 0 Å². The Morgan fingerprint density at radius 3 is 2.64 bits per heavy atom. The van der Waals surface area contributed by atoms with Crippen LogP contribution >= 0.6 is 11.8 Å². The lowest BCUT2D eigenvalue weighted by atomic mass is 9.99. The van der Waals surface area contributed by atoms with Gasteiger partial charge in [-0.15, -0.1) is 0 Å². The number of hydrogen-bond donors (Lipinski definition) is 0. The van der Waals surface area contributed by atoms with E-state index in [1.807, 2.05) is 0 Å². The predicted molar refractivity (Wildman–Crippen MR) is 92.6 cm³/mol. The number of ether oxygens (including phenoxy) is 2. The lowest BCUT2D eigenvalue weighted by molar-refractivity contribution is -0.105. The average Bonchev–Trinajstić information content (AvgIpc) is 3.10. The van der Waals surface area contributed by atoms with Crippen LogP contribution < -0.4 is 4.74 Å². The molecule has 0 aliphatic carbocycles. The van der Waals surface area contributed by atoms with Crippen molar-refractivity contribution in [3.63, 3.8) is 0 Å². The Labute approximate surface area is 136 Å². The molecule has 4 rings (SSSR count). The van der Waals surface area contributed by atoms with Crippen LogP contribution in [0, 0.1) is 0 Å². The molecule has 2 fully saturated rings. The van der Waals surface area contributed by atoms with Crippen LogP contribution in [0.25, 0.3) is 10.8 Å². The van der Waals surface area contributed by atoms with Crippen LogP contribution in [0.4, 0.5) is 0 Å². The molecule has 2 aliphatic heterocycles. The first-order valence-electron chi connectivity index (χ1n) is 8.33. The van der Waals surface area contributed by atoms with E-state index >= 15 is 0 Å². The third-order valence-electron chi connectivity index (χ3n) is 4.59. The predicted octanol–water partition coefficient (Wildman–Crippen LogP) is 5.31. The third-order valence-corrected chi connectivity index (χ3v) is 6.01. The van der Waals surface area contributed by atoms with E-state index in [4.69, 9.17) is 9.47 Å². The van der Waals surface area contributed by atoms with Gasteiger partial charge in [-0.3, -0.25) is 0 Å². The van der Waals surface area contributed by atoms with E-state index in [1.165, 1.54) is 41.4 Å². The number of hydrogen-bond acceptors (Lipinski definition) is 3. The Morgan fingerprint density at radius 2 is 1.86 bits per heavy atom. The SMILES string of the molecule is c1ccc2c(C3CCCS3)ccc(OC3CCCCO3)c2c1. The number of fused-ring (bicyclic) bond motifs is 1. The van der Waals surface area contributed by atoms with Gasteiger partial charge >= 0.3 is 0 Å². The molecule has 0 saturated carbocycles. The largest absolute Gasteiger partial charge is 0.464 e. The molecule has 2 aliphatic rings. The lowest BCUT2D eigenvalue weighted by Gasteiger charge is -2.24. The second-order valence-electron chi connectivity index (χ2n) is 6.11. The van der Waals surface area contributed by atoms with Crippen LogP contribution in [0.5, 0.6) is 5.75 Å². The minimum Gasteiger partial charge on any atom is -0.464 e. The molecule has 0 aromatic heterocycles.